The van der Waals surface area contributed by atoms with E-state index in [4.69, 9.17) is 99.5 Å². The average Bonchev–Trinajstić information content (AvgIpc) is 0.789. The molecule has 56 nitrogen and oxygen atoms in total. The van der Waals surface area contributed by atoms with Crippen LogP contribution in [0.25, 0.3) is 0 Å². The average molecular weight is 1800 g/mol. The number of hydrogen-bond acceptors (Lipinski definition) is 56. The fraction of sp³-hybridized carbons (Fsp3) is 1.00. The fourth-order valence-corrected chi connectivity index (χ4v) is 16.0. The Morgan fingerprint density at radius 1 is 0.123 bits per heavy atom. The Morgan fingerprint density at radius 3 is 0.377 bits per heavy atom. The summed E-state index contributed by atoms with van der Waals surface area (Å²) in [6.45, 7) is -11.8. The van der Waals surface area contributed by atoms with Gasteiger partial charge in [-0.15, -0.1) is 0 Å². The van der Waals surface area contributed by atoms with E-state index in [9.17, 15) is 179 Å². The van der Waals surface area contributed by atoms with Crippen molar-refractivity contribution in [1.29, 1.82) is 0 Å². The highest BCUT2D eigenvalue weighted by molar-refractivity contribution is 5.04. The van der Waals surface area contributed by atoms with Crippen molar-refractivity contribution in [2.45, 2.75) is 338 Å². The number of aliphatic hydroxyl groups excluding tert-OH is 35. The van der Waals surface area contributed by atoms with Gasteiger partial charge in [-0.3, -0.25) is 0 Å². The second-order valence-electron chi connectivity index (χ2n) is 30.8. The van der Waals surface area contributed by atoms with Crippen LogP contribution < -0.4 is 0 Å². The van der Waals surface area contributed by atoms with E-state index < -0.39 is 410 Å². The lowest BCUT2D eigenvalue weighted by Crippen LogP contribution is -2.68. The lowest BCUT2D eigenvalue weighted by Gasteiger charge is -2.50. The van der Waals surface area contributed by atoms with Crippen LogP contribution in [-0.2, 0) is 99.5 Å². The maximum absolute atomic E-state index is 11.5. The number of ether oxygens (including phenoxy) is 21. The summed E-state index contributed by atoms with van der Waals surface area (Å²) < 4.78 is 118. The van der Waals surface area contributed by atoms with E-state index in [0.29, 0.717) is 0 Å². The quantitative estimate of drug-likeness (QED) is 0.0306. The zero-order chi connectivity index (χ0) is 89.4. The third kappa shape index (κ3) is 20.5. The van der Waals surface area contributed by atoms with Crippen molar-refractivity contribution in [2.24, 2.45) is 0 Å². The summed E-state index contributed by atoms with van der Waals surface area (Å²) in [7, 11) is 0. The first kappa shape index (κ1) is 100. The monoisotopic (exact) mass is 1800 g/mol. The summed E-state index contributed by atoms with van der Waals surface area (Å²) in [6.07, 6.45) is -112. The topological polar surface area (TPSA) is 902 Å². The Morgan fingerprint density at radius 2 is 0.238 bits per heavy atom. The van der Waals surface area contributed by atoms with Gasteiger partial charge in [0.2, 0.25) is 0 Å². The van der Waals surface area contributed by atoms with E-state index in [-0.39, 0.29) is 0 Å². The van der Waals surface area contributed by atoms with E-state index >= 15 is 0 Å². The molecule has 712 valence electrons. The minimum absolute atomic E-state index is 0.875. The van der Waals surface area contributed by atoms with Gasteiger partial charge in [0.1, 0.15) is 269 Å². The molecule has 11 aliphatic heterocycles. The number of rotatable bonds is 31. The summed E-state index contributed by atoms with van der Waals surface area (Å²) in [4.78, 5) is 0. The van der Waals surface area contributed by atoms with Crippen molar-refractivity contribution in [3.05, 3.63) is 0 Å². The van der Waals surface area contributed by atoms with Crippen LogP contribution in [0.3, 0.4) is 0 Å². The van der Waals surface area contributed by atoms with E-state index in [2.05, 4.69) is 0 Å². The summed E-state index contributed by atoms with van der Waals surface area (Å²) in [6, 6.07) is 0. The summed E-state index contributed by atoms with van der Waals surface area (Å²) >= 11 is 0. The lowest BCUT2D eigenvalue weighted by molar-refractivity contribution is -0.401. The molecule has 0 unspecified atom stereocenters. The Labute approximate surface area is 687 Å². The van der Waals surface area contributed by atoms with Gasteiger partial charge in [0.15, 0.2) is 69.2 Å². The lowest BCUT2D eigenvalue weighted by atomic mass is 9.95. The molecular weight excluding hydrogens is 1690 g/mol. The predicted octanol–water partition coefficient (Wildman–Crippen LogP) is -25.0. The summed E-state index contributed by atoms with van der Waals surface area (Å²) in [5.41, 5.74) is 0. The summed E-state index contributed by atoms with van der Waals surface area (Å²) in [5.74, 6) is 0. The molecule has 0 aromatic heterocycles. The number of hydrogen-bond donors (Lipinski definition) is 35. The van der Waals surface area contributed by atoms with Gasteiger partial charge in [-0.25, -0.2) is 0 Å². The molecule has 35 N–H and O–H groups in total. The van der Waals surface area contributed by atoms with Gasteiger partial charge in [0.25, 0.3) is 0 Å². The molecule has 0 bridgehead atoms. The van der Waals surface area contributed by atoms with Gasteiger partial charge < -0.3 is 278 Å². The zero-order valence-electron chi connectivity index (χ0n) is 63.8. The largest absolute Gasteiger partial charge is 0.394 e. The molecule has 0 saturated carbocycles. The third-order valence-electron chi connectivity index (χ3n) is 23.0. The van der Waals surface area contributed by atoms with Crippen molar-refractivity contribution >= 4 is 0 Å². The van der Waals surface area contributed by atoms with Gasteiger partial charge >= 0.3 is 0 Å². The minimum Gasteiger partial charge on any atom is -0.394 e. The molecule has 0 aliphatic carbocycles. The maximum Gasteiger partial charge on any atom is 0.187 e. The van der Waals surface area contributed by atoms with E-state index in [1.54, 1.807) is 0 Å². The standard InChI is InChI=1S/C66H112O56/c67-1-12-23(78)24(79)36(91)57(103-12)114-47-14(3-69)105-59(38(93)26(47)81)116-49-16(5-71)107-61(40(95)28(49)83)118-51-18(7-73)109-63(42(97)30(51)85)120-53-20(9-75)111-65(44(99)32(53)87)122-55-22(11-77)112-66(45(100)34(55)89)121-54-21(10-76)110-64(43(98)33(54)88)119-52-19(8-74)108-62(41(96)31(52)86)117-50-17(6-72)106-60(39(94)29(50)84)115-48-15(4-70)104-58(37(92)27(48)82)113-46-13(2-68)102-56(101)35(90)25(46)80/h12-101H,1-11H2/t12-,13-,14-,15-,16-,17-,18-,19-,20-,21-,22-,23-,24+,25-,26-,27-,28-,29-,30-,31-,32-,33-,34-,35-,36-,37-,38-,39-,40-,41-,42-,43-,44-,45-,46-,47-,48-,49-,50-,51-,52-,53-,54-,55-,56+,57-,58-,59-,60-,61-,62-,63-,64-,65-,66-/m1/s1. The van der Waals surface area contributed by atoms with Crippen LogP contribution >= 0.6 is 0 Å². The molecule has 11 aliphatic rings. The molecular formula is C66H112O56. The molecule has 122 heavy (non-hydrogen) atoms. The van der Waals surface area contributed by atoms with E-state index in [0.717, 1.165) is 0 Å². The minimum atomic E-state index is -2.34. The first-order chi connectivity index (χ1) is 57.9. The van der Waals surface area contributed by atoms with Crippen LogP contribution in [-0.4, -0.2) is 589 Å². The van der Waals surface area contributed by atoms with Crippen LogP contribution in [0.15, 0.2) is 0 Å². The Kier molecular flexibility index (Phi) is 35.7. The molecule has 11 saturated heterocycles. The van der Waals surface area contributed by atoms with Crippen molar-refractivity contribution < 1.29 is 278 Å². The van der Waals surface area contributed by atoms with Gasteiger partial charge in [0, 0.05) is 0 Å². The Bertz CT molecular complexity index is 3060. The van der Waals surface area contributed by atoms with Gasteiger partial charge in [-0.1, -0.05) is 0 Å². The Hall–Kier alpha value is -2.24. The van der Waals surface area contributed by atoms with Crippen molar-refractivity contribution in [2.75, 3.05) is 72.7 Å². The normalized spacial score (nSPS) is 53.8. The molecule has 0 aromatic rings. The van der Waals surface area contributed by atoms with E-state index in [1.807, 2.05) is 0 Å². The van der Waals surface area contributed by atoms with Crippen LogP contribution in [0.5, 0.6) is 0 Å². The molecule has 0 aromatic carbocycles. The zero-order valence-corrected chi connectivity index (χ0v) is 63.8. The second-order valence-corrected chi connectivity index (χ2v) is 30.8. The second kappa shape index (κ2) is 43.4. The molecule has 0 amide bonds. The summed E-state index contributed by atoms with van der Waals surface area (Å²) in [5, 5.41) is 379. The van der Waals surface area contributed by atoms with Gasteiger partial charge in [-0.2, -0.15) is 0 Å². The third-order valence-corrected chi connectivity index (χ3v) is 23.0. The highest BCUT2D eigenvalue weighted by Gasteiger charge is 2.62. The molecule has 11 rings (SSSR count). The van der Waals surface area contributed by atoms with E-state index in [1.165, 1.54) is 0 Å². The molecule has 11 heterocycles. The van der Waals surface area contributed by atoms with Crippen molar-refractivity contribution in [3.8, 4) is 0 Å². The van der Waals surface area contributed by atoms with Gasteiger partial charge in [-0.05, 0) is 0 Å². The first-order valence-electron chi connectivity index (χ1n) is 38.7. The molecule has 0 spiro atoms. The molecule has 56 heteroatoms. The molecule has 55 atom stereocenters. The maximum atomic E-state index is 11.5. The Balaban J connectivity index is 0.650. The smallest absolute Gasteiger partial charge is 0.187 e. The van der Waals surface area contributed by atoms with Crippen LogP contribution in [0.1, 0.15) is 0 Å². The molecule has 0 radical (unpaired) electrons. The number of aliphatic hydroxyl groups is 35. The van der Waals surface area contributed by atoms with Crippen molar-refractivity contribution in [3.63, 3.8) is 0 Å². The van der Waals surface area contributed by atoms with Crippen molar-refractivity contribution in [1.82, 2.24) is 0 Å². The van der Waals surface area contributed by atoms with Gasteiger partial charge in [0.05, 0.1) is 72.7 Å². The fourth-order valence-electron chi connectivity index (χ4n) is 16.0. The highest BCUT2D eigenvalue weighted by atomic mass is 16.8. The van der Waals surface area contributed by atoms with Crippen LogP contribution in [0, 0.1) is 0 Å². The SMILES string of the molecule is OC[C@H]1O[C@H](O[C@H]2[C@H](O)[C@@H](O)[C@@H](O[C@H]3[C@H](O)[C@@H](O)[C@@H](O[C@H]4[C@H](O)[C@@H](O)[C@@H](O[C@H]5[C@H](O)[C@@H](O)[C@@H](O[C@H]6[C@H](O)[C@@H](O)[C@@H](O[C@H]7[C@H](O)[C@@H](O)[C@@H](O[C@H]8[C@H](O)[C@@H](O)[C@@H](O[C@H]9[C@H](O)[C@@H](O)[C@@H](O[C@H]%10[C@H](O)[C@@H](O)[C@@H](O[C@H]%11[C@H](O)[C@@H](O)[C@@H](O)O[C@@H]%11CO)O[C@@H]%10CO)O[C@@H]9CO)O[C@@H]8CO)O[C@@H]7CO)O[C@@H]6CO)O[C@@H]5CO)O[C@@H]4CO)O[C@@H]3CO)O[C@@H]2CO)[C@H](O)[C@@H](O)[C@@H]1O. The van der Waals surface area contributed by atoms with Crippen LogP contribution in [0.2, 0.25) is 0 Å². The molecule has 11 fully saturated rings. The van der Waals surface area contributed by atoms with Crippen LogP contribution in [0.4, 0.5) is 0 Å². The first-order valence-corrected chi connectivity index (χ1v) is 38.7. The predicted molar refractivity (Wildman–Crippen MR) is 362 cm³/mol. The highest BCUT2D eigenvalue weighted by Crippen LogP contribution is 2.42.